The van der Waals surface area contributed by atoms with Gasteiger partial charge in [-0.3, -0.25) is 14.5 Å². The Hall–Kier alpha value is -3.00. The van der Waals surface area contributed by atoms with Crippen LogP contribution in [0.15, 0.2) is 39.7 Å². The Bertz CT molecular complexity index is 945. The zero-order valence-corrected chi connectivity index (χ0v) is 15.8. The van der Waals surface area contributed by atoms with Crippen LogP contribution in [0.4, 0.5) is 4.79 Å². The predicted octanol–water partition coefficient (Wildman–Crippen LogP) is 3.62. The van der Waals surface area contributed by atoms with Crippen molar-refractivity contribution in [3.8, 4) is 5.75 Å². The minimum atomic E-state index is -0.620. The van der Waals surface area contributed by atoms with Gasteiger partial charge in [0.2, 0.25) is 5.76 Å². The first-order valence-corrected chi connectivity index (χ1v) is 8.81. The number of furan rings is 1. The minimum Gasteiger partial charge on any atom is -0.497 e. The number of hydrogen-bond donors (Lipinski definition) is 0. The zero-order chi connectivity index (χ0) is 19.6. The lowest BCUT2D eigenvalue weighted by Gasteiger charge is -2.10. The summed E-state index contributed by atoms with van der Waals surface area (Å²) in [6.07, 6.45) is 1.68. The van der Waals surface area contributed by atoms with E-state index in [9.17, 15) is 14.4 Å². The predicted molar refractivity (Wildman–Crippen MR) is 99.3 cm³/mol. The van der Waals surface area contributed by atoms with Gasteiger partial charge in [-0.1, -0.05) is 6.07 Å². The van der Waals surface area contributed by atoms with Gasteiger partial charge in [0.1, 0.15) is 11.5 Å². The van der Waals surface area contributed by atoms with E-state index in [0.29, 0.717) is 10.7 Å². The number of ether oxygens (including phenoxy) is 2. The van der Waals surface area contributed by atoms with E-state index >= 15 is 0 Å². The molecule has 2 heterocycles. The summed E-state index contributed by atoms with van der Waals surface area (Å²) in [6.45, 7) is 1.84. The third kappa shape index (κ3) is 3.90. The Morgan fingerprint density at radius 2 is 2.00 bits per heavy atom. The summed E-state index contributed by atoms with van der Waals surface area (Å²) in [6, 6.07) is 8.45. The molecule has 1 saturated heterocycles. The highest BCUT2D eigenvalue weighted by atomic mass is 32.2. The van der Waals surface area contributed by atoms with Gasteiger partial charge in [0.05, 0.1) is 25.7 Å². The molecule has 0 N–H and O–H groups in total. The standard InChI is InChI=1S/C19H17NO6S/c1-11-8-13(24-2)5-4-12(11)9-16-17(21)20(19(23)27-16)10-14-6-7-15(26-14)18(22)25-3/h4-9H,10H2,1-3H3. The zero-order valence-electron chi connectivity index (χ0n) is 15.0. The molecule has 0 saturated carbocycles. The highest BCUT2D eigenvalue weighted by molar-refractivity contribution is 8.18. The second-order valence-electron chi connectivity index (χ2n) is 5.75. The number of carbonyl (C=O) groups excluding carboxylic acids is 3. The van der Waals surface area contributed by atoms with Gasteiger partial charge < -0.3 is 13.9 Å². The number of aryl methyl sites for hydroxylation is 1. The van der Waals surface area contributed by atoms with Gasteiger partial charge in [0.25, 0.3) is 11.1 Å². The molecule has 2 aromatic rings. The second kappa shape index (κ2) is 7.71. The first-order chi connectivity index (χ1) is 12.9. The van der Waals surface area contributed by atoms with Crippen LogP contribution in [0.1, 0.15) is 27.4 Å². The normalized spacial score (nSPS) is 15.5. The Morgan fingerprint density at radius 3 is 2.67 bits per heavy atom. The van der Waals surface area contributed by atoms with Crippen LogP contribution in [0.2, 0.25) is 0 Å². The van der Waals surface area contributed by atoms with Crippen molar-refractivity contribution in [1.29, 1.82) is 0 Å². The second-order valence-corrected chi connectivity index (χ2v) is 6.74. The highest BCUT2D eigenvalue weighted by Gasteiger charge is 2.35. The number of amides is 2. The Kier molecular flexibility index (Phi) is 5.36. The molecule has 1 aliphatic rings. The topological polar surface area (TPSA) is 86.0 Å². The van der Waals surface area contributed by atoms with Gasteiger partial charge in [-0.05, 0) is 60.2 Å². The summed E-state index contributed by atoms with van der Waals surface area (Å²) in [5.41, 5.74) is 1.75. The van der Waals surface area contributed by atoms with Gasteiger partial charge >= 0.3 is 5.97 Å². The molecule has 140 valence electrons. The lowest BCUT2D eigenvalue weighted by Crippen LogP contribution is -2.27. The number of carbonyl (C=O) groups is 3. The monoisotopic (exact) mass is 387 g/mol. The Balaban J connectivity index is 1.79. The van der Waals surface area contributed by atoms with E-state index in [1.807, 2.05) is 19.1 Å². The van der Waals surface area contributed by atoms with Gasteiger partial charge in [0.15, 0.2) is 0 Å². The van der Waals surface area contributed by atoms with Crippen LogP contribution in [0.3, 0.4) is 0 Å². The van der Waals surface area contributed by atoms with E-state index in [0.717, 1.165) is 33.5 Å². The summed E-state index contributed by atoms with van der Waals surface area (Å²) in [5, 5.41) is -0.395. The van der Waals surface area contributed by atoms with Crippen LogP contribution in [-0.2, 0) is 16.1 Å². The third-order valence-corrected chi connectivity index (χ3v) is 4.91. The molecular weight excluding hydrogens is 370 g/mol. The Labute approximate surface area is 159 Å². The summed E-state index contributed by atoms with van der Waals surface area (Å²) < 4.78 is 15.1. The number of hydrogen-bond acceptors (Lipinski definition) is 7. The first kappa shape index (κ1) is 18.8. The maximum atomic E-state index is 12.6. The number of methoxy groups -OCH3 is 2. The van der Waals surface area contributed by atoms with Gasteiger partial charge in [-0.15, -0.1) is 0 Å². The average Bonchev–Trinajstić information content (AvgIpc) is 3.23. The SMILES string of the molecule is COC(=O)c1ccc(CN2C(=O)SC(=Cc3ccc(OC)cc3C)C2=O)o1. The summed E-state index contributed by atoms with van der Waals surface area (Å²) in [5.74, 6) is 0.0296. The molecule has 1 aliphatic heterocycles. The van der Waals surface area contributed by atoms with Crippen molar-refractivity contribution in [3.63, 3.8) is 0 Å². The lowest BCUT2D eigenvalue weighted by atomic mass is 10.1. The number of esters is 1. The third-order valence-electron chi connectivity index (χ3n) is 4.00. The van der Waals surface area contributed by atoms with Crippen molar-refractivity contribution < 1.29 is 28.3 Å². The van der Waals surface area contributed by atoms with Gasteiger partial charge in [-0.25, -0.2) is 4.79 Å². The first-order valence-electron chi connectivity index (χ1n) is 8.00. The fraction of sp³-hybridized carbons (Fsp3) is 0.211. The van der Waals surface area contributed by atoms with Crippen molar-refractivity contribution in [2.45, 2.75) is 13.5 Å². The summed E-state index contributed by atoms with van der Waals surface area (Å²) in [7, 11) is 2.83. The number of imide groups is 1. The van der Waals surface area contributed by atoms with Crippen molar-refractivity contribution >= 4 is 35.0 Å². The molecule has 0 unspecified atom stereocenters. The fourth-order valence-electron chi connectivity index (χ4n) is 2.54. The van der Waals surface area contributed by atoms with Crippen molar-refractivity contribution in [1.82, 2.24) is 4.90 Å². The number of rotatable bonds is 5. The molecule has 2 amide bonds. The van der Waals surface area contributed by atoms with Crippen molar-refractivity contribution in [3.05, 3.63) is 57.9 Å². The molecule has 0 bridgehead atoms. The molecule has 27 heavy (non-hydrogen) atoms. The summed E-state index contributed by atoms with van der Waals surface area (Å²) in [4.78, 5) is 37.7. The fourth-order valence-corrected chi connectivity index (χ4v) is 3.37. The molecule has 1 aromatic heterocycles. The van der Waals surface area contributed by atoms with Crippen LogP contribution < -0.4 is 4.74 Å². The molecule has 0 spiro atoms. The molecule has 0 aliphatic carbocycles. The van der Waals surface area contributed by atoms with Crippen LogP contribution in [0.5, 0.6) is 5.75 Å². The smallest absolute Gasteiger partial charge is 0.373 e. The van der Waals surface area contributed by atoms with Gasteiger partial charge in [-0.2, -0.15) is 0 Å². The van der Waals surface area contributed by atoms with E-state index in [2.05, 4.69) is 4.74 Å². The highest BCUT2D eigenvalue weighted by Crippen LogP contribution is 2.34. The lowest BCUT2D eigenvalue weighted by molar-refractivity contribution is -0.123. The van der Waals surface area contributed by atoms with Crippen LogP contribution in [0.25, 0.3) is 6.08 Å². The van der Waals surface area contributed by atoms with E-state index < -0.39 is 17.1 Å². The van der Waals surface area contributed by atoms with Crippen LogP contribution in [0, 0.1) is 6.92 Å². The van der Waals surface area contributed by atoms with Crippen LogP contribution >= 0.6 is 11.8 Å². The maximum Gasteiger partial charge on any atom is 0.373 e. The van der Waals surface area contributed by atoms with E-state index in [-0.39, 0.29) is 12.3 Å². The molecule has 0 radical (unpaired) electrons. The molecule has 0 atom stereocenters. The van der Waals surface area contributed by atoms with Gasteiger partial charge in [0, 0.05) is 0 Å². The molecule has 1 aromatic carbocycles. The number of benzene rings is 1. The van der Waals surface area contributed by atoms with E-state index in [1.54, 1.807) is 19.3 Å². The Morgan fingerprint density at radius 1 is 1.22 bits per heavy atom. The number of thioether (sulfide) groups is 1. The molecule has 7 nitrogen and oxygen atoms in total. The van der Waals surface area contributed by atoms with Crippen LogP contribution in [-0.4, -0.2) is 36.2 Å². The molecule has 8 heteroatoms. The molecule has 1 fully saturated rings. The molecular formula is C19H17NO6S. The van der Waals surface area contributed by atoms with E-state index in [4.69, 9.17) is 9.15 Å². The summed E-state index contributed by atoms with van der Waals surface area (Å²) >= 11 is 0.866. The minimum absolute atomic E-state index is 0.0175. The number of nitrogens with zero attached hydrogens (tertiary/aromatic N) is 1. The maximum absolute atomic E-state index is 12.6. The van der Waals surface area contributed by atoms with Crippen molar-refractivity contribution in [2.24, 2.45) is 0 Å². The molecule has 3 rings (SSSR count). The average molecular weight is 387 g/mol. The quantitative estimate of drug-likeness (QED) is 0.572. The van der Waals surface area contributed by atoms with Crippen molar-refractivity contribution in [2.75, 3.05) is 14.2 Å². The van der Waals surface area contributed by atoms with E-state index in [1.165, 1.54) is 19.2 Å². The largest absolute Gasteiger partial charge is 0.497 e.